The summed E-state index contributed by atoms with van der Waals surface area (Å²) in [4.78, 5) is 29.4. The number of likely N-dealkylation sites (tertiary alicyclic amines) is 1. The number of hydrogen-bond donors (Lipinski definition) is 0. The quantitative estimate of drug-likeness (QED) is 0.730. The van der Waals surface area contributed by atoms with E-state index in [0.717, 1.165) is 36.4 Å². The minimum Gasteiger partial charge on any atom is -0.484 e. The fourth-order valence-corrected chi connectivity index (χ4v) is 4.96. The van der Waals surface area contributed by atoms with E-state index in [1.54, 1.807) is 0 Å². The number of fused-ring (bicyclic) bond motifs is 1. The molecule has 0 unspecified atom stereocenters. The maximum atomic E-state index is 13.1. The van der Waals surface area contributed by atoms with Crippen molar-refractivity contribution in [1.29, 1.82) is 0 Å². The molecule has 1 aromatic carbocycles. The van der Waals surface area contributed by atoms with Crippen LogP contribution in [0.1, 0.15) is 41.0 Å². The van der Waals surface area contributed by atoms with E-state index >= 15 is 0 Å². The van der Waals surface area contributed by atoms with Gasteiger partial charge in [-0.15, -0.1) is 0 Å². The number of piperidine rings is 1. The van der Waals surface area contributed by atoms with Crippen LogP contribution >= 0.6 is 0 Å². The van der Waals surface area contributed by atoms with Crippen molar-refractivity contribution in [2.75, 3.05) is 39.4 Å². The first kappa shape index (κ1) is 21.0. The zero-order valence-electron chi connectivity index (χ0n) is 18.6. The van der Waals surface area contributed by atoms with Crippen molar-refractivity contribution in [2.45, 2.75) is 44.8 Å². The van der Waals surface area contributed by atoms with Gasteiger partial charge in [0.2, 0.25) is 0 Å². The first-order valence-corrected chi connectivity index (χ1v) is 11.5. The van der Waals surface area contributed by atoms with E-state index < -0.39 is 0 Å². The molecule has 8 heteroatoms. The van der Waals surface area contributed by atoms with Crippen LogP contribution in [0, 0.1) is 6.92 Å². The minimum absolute atomic E-state index is 0.0142. The predicted octanol–water partition coefficient (Wildman–Crippen LogP) is 2.05. The molecule has 1 aromatic heterocycles. The Morgan fingerprint density at radius 3 is 2.72 bits per heavy atom. The summed E-state index contributed by atoms with van der Waals surface area (Å²) < 4.78 is 13.8. The fraction of sp³-hybridized carbons (Fsp3) is 0.542. The average Bonchev–Trinajstić information content (AvgIpc) is 3.41. The van der Waals surface area contributed by atoms with E-state index in [-0.39, 0.29) is 24.0 Å². The molecule has 32 heavy (non-hydrogen) atoms. The van der Waals surface area contributed by atoms with Gasteiger partial charge >= 0.3 is 0 Å². The highest BCUT2D eigenvalue weighted by atomic mass is 16.5. The number of nitrogens with zero attached hydrogens (tertiary/aromatic N) is 4. The van der Waals surface area contributed by atoms with Gasteiger partial charge in [-0.25, -0.2) is 0 Å². The number of amides is 2. The second kappa shape index (κ2) is 8.58. The number of carbonyl (C=O) groups excluding carboxylic acids is 2. The van der Waals surface area contributed by atoms with E-state index in [1.165, 1.54) is 0 Å². The summed E-state index contributed by atoms with van der Waals surface area (Å²) in [5.74, 6) is 0.712. The van der Waals surface area contributed by atoms with Gasteiger partial charge in [-0.1, -0.05) is 18.2 Å². The number of aromatic nitrogens is 2. The van der Waals surface area contributed by atoms with Crippen LogP contribution in [0.25, 0.3) is 0 Å². The van der Waals surface area contributed by atoms with E-state index in [4.69, 9.17) is 9.47 Å². The lowest BCUT2D eigenvalue weighted by molar-refractivity contribution is -0.148. The molecule has 2 fully saturated rings. The highest BCUT2D eigenvalue weighted by Crippen LogP contribution is 2.31. The van der Waals surface area contributed by atoms with Crippen molar-refractivity contribution in [3.05, 3.63) is 47.3 Å². The summed E-state index contributed by atoms with van der Waals surface area (Å²) in [7, 11) is 0. The van der Waals surface area contributed by atoms with Gasteiger partial charge in [0.1, 0.15) is 5.75 Å². The van der Waals surface area contributed by atoms with Gasteiger partial charge < -0.3 is 19.3 Å². The first-order valence-electron chi connectivity index (χ1n) is 11.5. The molecule has 2 amide bonds. The third-order valence-corrected chi connectivity index (χ3v) is 6.89. The Labute approximate surface area is 188 Å². The lowest BCUT2D eigenvalue weighted by Crippen LogP contribution is -2.58. The van der Waals surface area contributed by atoms with E-state index in [2.05, 4.69) is 5.10 Å². The molecule has 0 N–H and O–H groups in total. The third-order valence-electron chi connectivity index (χ3n) is 6.89. The molecule has 0 aliphatic carbocycles. The SMILES string of the molecule is Cc1ccccc1OCC(=O)N1CCC2(CC1)CN(C(=O)c1cc3n(n1)CCC3)CCO2. The third kappa shape index (κ3) is 4.11. The van der Waals surface area contributed by atoms with Crippen LogP contribution in [0.5, 0.6) is 5.75 Å². The van der Waals surface area contributed by atoms with Crippen molar-refractivity contribution < 1.29 is 19.1 Å². The zero-order chi connectivity index (χ0) is 22.1. The Balaban J connectivity index is 1.16. The van der Waals surface area contributed by atoms with Crippen LogP contribution in [0.4, 0.5) is 0 Å². The largest absolute Gasteiger partial charge is 0.484 e. The van der Waals surface area contributed by atoms with Gasteiger partial charge in [0.05, 0.1) is 18.8 Å². The molecule has 8 nitrogen and oxygen atoms in total. The smallest absolute Gasteiger partial charge is 0.274 e. The number of benzene rings is 1. The van der Waals surface area contributed by atoms with Crippen molar-refractivity contribution in [3.8, 4) is 5.75 Å². The standard InChI is InChI=1S/C24H30N4O4/c1-18-5-2-3-7-21(18)31-16-22(29)26-11-8-24(9-12-26)17-27(13-14-32-24)23(30)20-15-19-6-4-10-28(19)25-20/h2-3,5,7,15H,4,6,8-14,16-17H2,1H3. The van der Waals surface area contributed by atoms with Crippen LogP contribution in [0.3, 0.4) is 0 Å². The molecule has 0 bridgehead atoms. The Morgan fingerprint density at radius 1 is 1.12 bits per heavy atom. The van der Waals surface area contributed by atoms with Crippen molar-refractivity contribution in [2.24, 2.45) is 0 Å². The number of para-hydroxylation sites is 1. The van der Waals surface area contributed by atoms with Crippen molar-refractivity contribution in [1.82, 2.24) is 19.6 Å². The Morgan fingerprint density at radius 2 is 1.94 bits per heavy atom. The van der Waals surface area contributed by atoms with Gasteiger partial charge in [0.25, 0.3) is 11.8 Å². The molecule has 3 aliphatic heterocycles. The topological polar surface area (TPSA) is 76.9 Å². The predicted molar refractivity (Wildman–Crippen MR) is 118 cm³/mol. The van der Waals surface area contributed by atoms with Gasteiger partial charge in [0.15, 0.2) is 12.3 Å². The van der Waals surface area contributed by atoms with Crippen molar-refractivity contribution in [3.63, 3.8) is 0 Å². The molecule has 0 radical (unpaired) electrons. The molecule has 170 valence electrons. The van der Waals surface area contributed by atoms with E-state index in [9.17, 15) is 9.59 Å². The summed E-state index contributed by atoms with van der Waals surface area (Å²) in [6.07, 6.45) is 3.52. The van der Waals surface area contributed by atoms with Crippen LogP contribution < -0.4 is 4.74 Å². The average molecular weight is 439 g/mol. The maximum absolute atomic E-state index is 13.1. The molecule has 5 rings (SSSR count). The van der Waals surface area contributed by atoms with Gasteiger partial charge in [-0.2, -0.15) is 5.10 Å². The monoisotopic (exact) mass is 438 g/mol. The molecule has 3 aliphatic rings. The fourth-order valence-electron chi connectivity index (χ4n) is 4.96. The van der Waals surface area contributed by atoms with Crippen LogP contribution in [-0.4, -0.2) is 76.4 Å². The lowest BCUT2D eigenvalue weighted by atomic mass is 9.89. The van der Waals surface area contributed by atoms with Crippen LogP contribution in [-0.2, 0) is 22.5 Å². The number of aryl methyl sites for hydroxylation is 3. The van der Waals surface area contributed by atoms with Crippen LogP contribution in [0.2, 0.25) is 0 Å². The Hall–Kier alpha value is -2.87. The molecule has 2 aromatic rings. The van der Waals surface area contributed by atoms with Crippen LogP contribution in [0.15, 0.2) is 30.3 Å². The second-order valence-corrected chi connectivity index (χ2v) is 9.04. The lowest BCUT2D eigenvalue weighted by Gasteiger charge is -2.47. The molecule has 1 spiro atoms. The molecular formula is C24H30N4O4. The maximum Gasteiger partial charge on any atom is 0.274 e. The molecule has 0 saturated carbocycles. The zero-order valence-corrected chi connectivity index (χ0v) is 18.6. The number of morpholine rings is 1. The highest BCUT2D eigenvalue weighted by Gasteiger charge is 2.42. The normalized spacial score (nSPS) is 19.8. The highest BCUT2D eigenvalue weighted by molar-refractivity contribution is 5.92. The summed E-state index contributed by atoms with van der Waals surface area (Å²) in [6, 6.07) is 9.64. The molecular weight excluding hydrogens is 408 g/mol. The van der Waals surface area contributed by atoms with E-state index in [0.29, 0.717) is 51.3 Å². The summed E-state index contributed by atoms with van der Waals surface area (Å²) >= 11 is 0. The van der Waals surface area contributed by atoms with Crippen molar-refractivity contribution >= 4 is 11.8 Å². The first-order chi connectivity index (χ1) is 15.5. The molecule has 0 atom stereocenters. The van der Waals surface area contributed by atoms with Gasteiger partial charge in [-0.3, -0.25) is 14.3 Å². The number of carbonyl (C=O) groups is 2. The Bertz CT molecular complexity index is 988. The number of rotatable bonds is 4. The van der Waals surface area contributed by atoms with Gasteiger partial charge in [0, 0.05) is 31.9 Å². The Kier molecular flexibility index (Phi) is 5.63. The minimum atomic E-state index is -0.385. The molecule has 4 heterocycles. The number of hydrogen-bond acceptors (Lipinski definition) is 5. The second-order valence-electron chi connectivity index (χ2n) is 9.04. The summed E-state index contributed by atoms with van der Waals surface area (Å²) in [6.45, 7) is 5.76. The summed E-state index contributed by atoms with van der Waals surface area (Å²) in [5.41, 5.74) is 2.32. The van der Waals surface area contributed by atoms with E-state index in [1.807, 2.05) is 51.7 Å². The number of ether oxygens (including phenoxy) is 2. The summed E-state index contributed by atoms with van der Waals surface area (Å²) in [5, 5.41) is 4.50. The molecule has 2 saturated heterocycles. The van der Waals surface area contributed by atoms with Gasteiger partial charge in [-0.05, 0) is 50.3 Å².